The number of carbonyl (C=O) groups is 2. The average Bonchev–Trinajstić information content (AvgIpc) is 3.08. The molecule has 1 saturated heterocycles. The Labute approximate surface area is 152 Å². The molecule has 134 valence electrons. The number of hydrogen-bond acceptors (Lipinski definition) is 2. The zero-order valence-electron chi connectivity index (χ0n) is 14.7. The fourth-order valence-corrected chi connectivity index (χ4v) is 2.94. The minimum atomic E-state index is -0.317. The van der Waals surface area contributed by atoms with E-state index in [4.69, 9.17) is 0 Å². The van der Waals surface area contributed by atoms with Crippen LogP contribution in [0, 0.1) is 5.82 Å². The number of carbonyl (C=O) groups excluding carboxylic acids is 2. The maximum Gasteiger partial charge on any atom is 0.246 e. The molecule has 0 bridgehead atoms. The van der Waals surface area contributed by atoms with Gasteiger partial charge in [-0.2, -0.15) is 0 Å². The fourth-order valence-electron chi connectivity index (χ4n) is 2.94. The van der Waals surface area contributed by atoms with Crippen molar-refractivity contribution < 1.29 is 14.0 Å². The first-order chi connectivity index (χ1) is 12.5. The highest BCUT2D eigenvalue weighted by Crippen LogP contribution is 2.22. The van der Waals surface area contributed by atoms with Gasteiger partial charge in [-0.05, 0) is 36.3 Å². The van der Waals surface area contributed by atoms with E-state index in [-0.39, 0.29) is 24.2 Å². The minimum Gasteiger partial charge on any atom is -0.338 e. The van der Waals surface area contributed by atoms with Crippen molar-refractivity contribution in [2.75, 3.05) is 18.5 Å². The molecule has 0 spiro atoms. The van der Waals surface area contributed by atoms with Crippen LogP contribution in [0.4, 0.5) is 10.1 Å². The van der Waals surface area contributed by atoms with Crippen molar-refractivity contribution in [3.05, 3.63) is 71.6 Å². The van der Waals surface area contributed by atoms with Gasteiger partial charge in [0, 0.05) is 43.9 Å². The monoisotopic (exact) mass is 352 g/mol. The second kappa shape index (κ2) is 7.95. The Hall–Kier alpha value is -2.95. The van der Waals surface area contributed by atoms with E-state index in [1.54, 1.807) is 36.2 Å². The minimum absolute atomic E-state index is 0.151. The number of rotatable bonds is 5. The lowest BCUT2D eigenvalue weighted by atomic mass is 10.1. The molecule has 0 unspecified atom stereocenters. The van der Waals surface area contributed by atoms with Crippen molar-refractivity contribution in [1.29, 1.82) is 0 Å². The van der Waals surface area contributed by atoms with E-state index >= 15 is 0 Å². The summed E-state index contributed by atoms with van der Waals surface area (Å²) in [6, 6.07) is 14.0. The quantitative estimate of drug-likeness (QED) is 0.771. The van der Waals surface area contributed by atoms with Gasteiger partial charge in [0.1, 0.15) is 5.82 Å². The Morgan fingerprint density at radius 3 is 2.58 bits per heavy atom. The molecule has 0 N–H and O–H groups in total. The van der Waals surface area contributed by atoms with E-state index in [0.717, 1.165) is 24.2 Å². The van der Waals surface area contributed by atoms with E-state index in [9.17, 15) is 14.0 Å². The summed E-state index contributed by atoms with van der Waals surface area (Å²) in [5.41, 5.74) is 2.23. The van der Waals surface area contributed by atoms with Crippen LogP contribution in [0.1, 0.15) is 24.0 Å². The van der Waals surface area contributed by atoms with Gasteiger partial charge < -0.3 is 9.80 Å². The van der Waals surface area contributed by atoms with E-state index in [0.29, 0.717) is 12.0 Å². The maximum absolute atomic E-state index is 13.7. The van der Waals surface area contributed by atoms with Gasteiger partial charge in [0.2, 0.25) is 11.8 Å². The van der Waals surface area contributed by atoms with Crippen LogP contribution in [0.5, 0.6) is 0 Å². The van der Waals surface area contributed by atoms with Crippen molar-refractivity contribution in [1.82, 2.24) is 4.90 Å². The normalized spacial score (nSPS) is 14.2. The molecule has 26 heavy (non-hydrogen) atoms. The molecular formula is C21H21FN2O2. The SMILES string of the molecule is CN(Cc1ccccc1F)C(=O)/C=C/c1ccc(N2CCCC2=O)cc1. The molecule has 1 fully saturated rings. The molecule has 1 heterocycles. The Balaban J connectivity index is 1.61. The van der Waals surface area contributed by atoms with Crippen LogP contribution in [0.25, 0.3) is 6.08 Å². The van der Waals surface area contributed by atoms with Crippen molar-refractivity contribution in [2.45, 2.75) is 19.4 Å². The summed E-state index contributed by atoms with van der Waals surface area (Å²) in [6.45, 7) is 0.971. The Morgan fingerprint density at radius 1 is 1.19 bits per heavy atom. The Bertz CT molecular complexity index is 830. The summed E-state index contributed by atoms with van der Waals surface area (Å²) >= 11 is 0. The van der Waals surface area contributed by atoms with E-state index in [1.807, 2.05) is 24.3 Å². The highest BCUT2D eigenvalue weighted by atomic mass is 19.1. The van der Waals surface area contributed by atoms with Crippen LogP contribution < -0.4 is 4.90 Å². The predicted molar refractivity (Wildman–Crippen MR) is 99.9 cm³/mol. The lowest BCUT2D eigenvalue weighted by Crippen LogP contribution is -2.24. The van der Waals surface area contributed by atoms with Gasteiger partial charge in [0.15, 0.2) is 0 Å². The van der Waals surface area contributed by atoms with Crippen molar-refractivity contribution in [3.8, 4) is 0 Å². The number of anilines is 1. The van der Waals surface area contributed by atoms with Gasteiger partial charge in [0.05, 0.1) is 0 Å². The second-order valence-corrected chi connectivity index (χ2v) is 6.36. The number of halogens is 1. The summed E-state index contributed by atoms with van der Waals surface area (Å²) in [5, 5.41) is 0. The first-order valence-electron chi connectivity index (χ1n) is 8.61. The molecule has 3 rings (SSSR count). The standard InChI is InChI=1S/C21H21FN2O2/c1-23(15-17-5-2-3-6-19(17)22)20(25)13-10-16-8-11-18(12-9-16)24-14-4-7-21(24)26/h2-3,5-6,8-13H,4,7,14-15H2,1H3/b13-10+. The van der Waals surface area contributed by atoms with Gasteiger partial charge in [-0.1, -0.05) is 30.3 Å². The average molecular weight is 352 g/mol. The molecule has 0 radical (unpaired) electrons. The van der Waals surface area contributed by atoms with Crippen molar-refractivity contribution in [3.63, 3.8) is 0 Å². The van der Waals surface area contributed by atoms with Crippen LogP contribution in [0.15, 0.2) is 54.6 Å². The molecule has 0 aliphatic carbocycles. The van der Waals surface area contributed by atoms with E-state index in [2.05, 4.69) is 0 Å². The van der Waals surface area contributed by atoms with Crippen LogP contribution in [-0.2, 0) is 16.1 Å². The summed E-state index contributed by atoms with van der Waals surface area (Å²) in [4.78, 5) is 27.2. The predicted octanol–water partition coefficient (Wildman–Crippen LogP) is 3.62. The summed E-state index contributed by atoms with van der Waals surface area (Å²) in [6.07, 6.45) is 4.68. The lowest BCUT2D eigenvalue weighted by molar-refractivity contribution is -0.125. The topological polar surface area (TPSA) is 40.6 Å². The number of likely N-dealkylation sites (N-methyl/N-ethyl adjacent to an activating group) is 1. The van der Waals surface area contributed by atoms with Crippen LogP contribution in [0.3, 0.4) is 0 Å². The van der Waals surface area contributed by atoms with Crippen molar-refractivity contribution in [2.24, 2.45) is 0 Å². The maximum atomic E-state index is 13.7. The van der Waals surface area contributed by atoms with Crippen LogP contribution in [0.2, 0.25) is 0 Å². The Morgan fingerprint density at radius 2 is 1.92 bits per heavy atom. The second-order valence-electron chi connectivity index (χ2n) is 6.36. The molecular weight excluding hydrogens is 331 g/mol. The van der Waals surface area contributed by atoms with Gasteiger partial charge in [-0.25, -0.2) is 4.39 Å². The molecule has 0 aromatic heterocycles. The van der Waals surface area contributed by atoms with E-state index in [1.165, 1.54) is 17.0 Å². The molecule has 1 aliphatic rings. The number of nitrogens with zero attached hydrogens (tertiary/aromatic N) is 2. The number of amides is 2. The Kier molecular flexibility index (Phi) is 5.46. The molecule has 0 atom stereocenters. The summed E-state index contributed by atoms with van der Waals surface area (Å²) in [7, 11) is 1.64. The largest absolute Gasteiger partial charge is 0.338 e. The first kappa shape index (κ1) is 17.9. The molecule has 0 saturated carbocycles. The fraction of sp³-hybridized carbons (Fsp3) is 0.238. The number of hydrogen-bond donors (Lipinski definition) is 0. The smallest absolute Gasteiger partial charge is 0.246 e. The third-order valence-electron chi connectivity index (χ3n) is 4.44. The number of benzene rings is 2. The van der Waals surface area contributed by atoms with E-state index < -0.39 is 0 Å². The zero-order valence-corrected chi connectivity index (χ0v) is 14.7. The zero-order chi connectivity index (χ0) is 18.5. The molecule has 2 amide bonds. The molecule has 4 nitrogen and oxygen atoms in total. The molecule has 5 heteroatoms. The third-order valence-corrected chi connectivity index (χ3v) is 4.44. The highest BCUT2D eigenvalue weighted by Gasteiger charge is 2.21. The van der Waals surface area contributed by atoms with Crippen LogP contribution >= 0.6 is 0 Å². The third kappa shape index (κ3) is 4.17. The van der Waals surface area contributed by atoms with Crippen LogP contribution in [-0.4, -0.2) is 30.3 Å². The first-order valence-corrected chi connectivity index (χ1v) is 8.61. The lowest BCUT2D eigenvalue weighted by Gasteiger charge is -2.16. The van der Waals surface area contributed by atoms with Gasteiger partial charge in [0.25, 0.3) is 0 Å². The molecule has 1 aliphatic heterocycles. The summed E-state index contributed by atoms with van der Waals surface area (Å²) < 4.78 is 13.7. The van der Waals surface area contributed by atoms with Crippen molar-refractivity contribution >= 4 is 23.6 Å². The molecule has 2 aromatic carbocycles. The van der Waals surface area contributed by atoms with Gasteiger partial charge in [-0.3, -0.25) is 9.59 Å². The van der Waals surface area contributed by atoms with Gasteiger partial charge in [-0.15, -0.1) is 0 Å². The van der Waals surface area contributed by atoms with Gasteiger partial charge >= 0.3 is 0 Å². The highest BCUT2D eigenvalue weighted by molar-refractivity contribution is 5.95. The summed E-state index contributed by atoms with van der Waals surface area (Å²) in [5.74, 6) is -0.367. The molecule has 2 aromatic rings.